The Balaban J connectivity index is 0.000000306. The number of amidine groups is 1. The molecule has 1 aliphatic rings. The average molecular weight is 557 g/mol. The average Bonchev–Trinajstić information content (AvgIpc) is 3.34. The van der Waals surface area contributed by atoms with Crippen LogP contribution in [-0.2, 0) is 16.6 Å². The Labute approximate surface area is 226 Å². The van der Waals surface area contributed by atoms with Gasteiger partial charge in [0.2, 0.25) is 6.41 Å². The highest BCUT2D eigenvalue weighted by Crippen LogP contribution is 2.38. The molecule has 3 heterocycles. The number of aryl methyl sites for hydroxylation is 1. The molecule has 0 saturated heterocycles. The Kier molecular flexibility index (Phi) is 12.6. The van der Waals surface area contributed by atoms with Crippen molar-refractivity contribution in [2.45, 2.75) is 46.0 Å². The van der Waals surface area contributed by atoms with E-state index in [2.05, 4.69) is 57.5 Å². The molecule has 0 spiro atoms. The van der Waals surface area contributed by atoms with E-state index in [1.54, 1.807) is 19.1 Å². The van der Waals surface area contributed by atoms with Gasteiger partial charge in [0.15, 0.2) is 16.6 Å². The highest BCUT2D eigenvalue weighted by Gasteiger charge is 2.33. The zero-order valence-electron chi connectivity index (χ0n) is 21.0. The lowest BCUT2D eigenvalue weighted by Crippen LogP contribution is -2.28. The third kappa shape index (κ3) is 8.34. The van der Waals surface area contributed by atoms with Crippen molar-refractivity contribution in [1.82, 2.24) is 19.6 Å². The van der Waals surface area contributed by atoms with Crippen molar-refractivity contribution in [2.75, 3.05) is 16.8 Å². The highest BCUT2D eigenvalue weighted by molar-refractivity contribution is 6.33. The number of nitrogens with zero attached hydrogens (tertiary/aromatic N) is 6. The minimum atomic E-state index is 0.172. The molecular formula is C23H32Cl3N9O. The second-order valence-electron chi connectivity index (χ2n) is 8.04. The minimum Gasteiger partial charge on any atom is -0.386 e. The van der Waals surface area contributed by atoms with Crippen molar-refractivity contribution < 1.29 is 4.79 Å². The van der Waals surface area contributed by atoms with Gasteiger partial charge in [0.05, 0.1) is 22.6 Å². The maximum atomic E-state index is 10.2. The third-order valence-corrected chi connectivity index (χ3v) is 5.18. The Hall–Kier alpha value is -2.92. The van der Waals surface area contributed by atoms with Crippen molar-refractivity contribution in [1.29, 1.82) is 0 Å². The number of hydrazine groups is 1. The fourth-order valence-corrected chi connectivity index (χ4v) is 3.80. The highest BCUT2D eigenvalue weighted by atomic mass is 35.5. The molecule has 0 bridgehead atoms. The Morgan fingerprint density at radius 2 is 1.92 bits per heavy atom. The van der Waals surface area contributed by atoms with Gasteiger partial charge in [0.1, 0.15) is 5.84 Å². The first-order chi connectivity index (χ1) is 17.0. The van der Waals surface area contributed by atoms with Gasteiger partial charge in [-0.3, -0.25) is 4.79 Å². The van der Waals surface area contributed by atoms with Crippen LogP contribution in [0.25, 0.3) is 5.65 Å². The van der Waals surface area contributed by atoms with Gasteiger partial charge in [-0.1, -0.05) is 43.1 Å². The lowest BCUT2D eigenvalue weighted by molar-refractivity contribution is -0.105. The summed E-state index contributed by atoms with van der Waals surface area (Å²) < 4.78 is 1.89. The normalized spacial score (nSPS) is 13.1. The first kappa shape index (κ1) is 31.1. The van der Waals surface area contributed by atoms with E-state index in [1.807, 2.05) is 17.6 Å². The molecule has 0 fully saturated rings. The van der Waals surface area contributed by atoms with E-state index in [4.69, 9.17) is 34.8 Å². The Bertz CT molecular complexity index is 1190. The Morgan fingerprint density at radius 1 is 1.28 bits per heavy atom. The SMILES string of the molecule is C/C(N)=N/N(N)c1ncc(NC=O)cc1Cl.C=CC.CC1(C)CCc2cnc3cc(Cl)nn3c21.CCl. The number of anilines is 2. The van der Waals surface area contributed by atoms with Crippen molar-refractivity contribution in [3.63, 3.8) is 0 Å². The van der Waals surface area contributed by atoms with Gasteiger partial charge < -0.3 is 11.1 Å². The van der Waals surface area contributed by atoms with Gasteiger partial charge in [-0.25, -0.2) is 20.3 Å². The molecule has 3 aromatic rings. The molecule has 0 atom stereocenters. The topological polar surface area (TPSA) is 140 Å². The summed E-state index contributed by atoms with van der Waals surface area (Å²) in [6.45, 7) is 11.3. The third-order valence-electron chi connectivity index (χ3n) is 4.72. The number of halogens is 3. The van der Waals surface area contributed by atoms with Gasteiger partial charge in [-0.05, 0) is 38.3 Å². The maximum absolute atomic E-state index is 10.2. The molecule has 0 aliphatic heterocycles. The predicted molar refractivity (Wildman–Crippen MR) is 150 cm³/mol. The standard InChI is InChI=1S/C11H12ClN3.C8H11ClN6O.C3H6.CH3Cl/c1-11(2)4-3-7-6-13-9-5-8(12)14-15(9)10(7)11;1-5(10)14-15(11)8-7(9)2-6(3-12-8)13-4-16;1-3-2;1-2/h5-6H,3-4H2,1-2H3;2-4H,11H2,1H3,(H2,10,14)(H,13,16);3H,1H2,2H3;1H3. The molecule has 1 aliphatic carbocycles. The molecule has 5 N–H and O–H groups in total. The van der Waals surface area contributed by atoms with Crippen molar-refractivity contribution in [3.8, 4) is 0 Å². The van der Waals surface area contributed by atoms with Crippen LogP contribution >= 0.6 is 34.8 Å². The number of aromatic nitrogens is 4. The molecule has 0 saturated carbocycles. The number of pyridine rings is 1. The van der Waals surface area contributed by atoms with Crippen LogP contribution in [0.4, 0.5) is 11.5 Å². The molecular weight excluding hydrogens is 525 g/mol. The van der Waals surface area contributed by atoms with Crippen LogP contribution in [0.1, 0.15) is 45.4 Å². The second-order valence-corrected chi connectivity index (χ2v) is 8.83. The van der Waals surface area contributed by atoms with Crippen LogP contribution in [0.2, 0.25) is 10.2 Å². The number of allylic oxidation sites excluding steroid dienone is 1. The van der Waals surface area contributed by atoms with Crippen LogP contribution in [0.15, 0.2) is 42.3 Å². The number of hydrogen-bond acceptors (Lipinski definition) is 7. The number of nitrogens with two attached hydrogens (primary N) is 2. The summed E-state index contributed by atoms with van der Waals surface area (Å²) in [4.78, 5) is 18.5. The number of nitrogens with one attached hydrogen (secondary N) is 1. The summed E-state index contributed by atoms with van der Waals surface area (Å²) in [5, 5.41) is 12.2. The minimum absolute atomic E-state index is 0.172. The second kappa shape index (κ2) is 14.6. The largest absolute Gasteiger partial charge is 0.386 e. The summed E-state index contributed by atoms with van der Waals surface area (Å²) in [5.41, 5.74) is 9.40. The number of fused-ring (bicyclic) bond motifs is 3. The summed E-state index contributed by atoms with van der Waals surface area (Å²) >= 11 is 16.4. The number of amides is 1. The maximum Gasteiger partial charge on any atom is 0.211 e. The lowest BCUT2D eigenvalue weighted by atomic mass is 9.91. The zero-order chi connectivity index (χ0) is 27.5. The molecule has 10 nitrogen and oxygen atoms in total. The van der Waals surface area contributed by atoms with Crippen LogP contribution in [-0.4, -0.2) is 38.2 Å². The van der Waals surface area contributed by atoms with E-state index >= 15 is 0 Å². The number of carbonyl (C=O) groups excluding carboxylic acids is 1. The number of alkyl halides is 1. The van der Waals surface area contributed by atoms with E-state index in [-0.39, 0.29) is 22.1 Å². The summed E-state index contributed by atoms with van der Waals surface area (Å²) in [6.07, 6.45) is 9.34. The van der Waals surface area contributed by atoms with Gasteiger partial charge in [-0.2, -0.15) is 10.2 Å². The molecule has 3 aromatic heterocycles. The number of rotatable bonds is 4. The van der Waals surface area contributed by atoms with Gasteiger partial charge >= 0.3 is 0 Å². The lowest BCUT2D eigenvalue weighted by Gasteiger charge is -2.19. The quantitative estimate of drug-likeness (QED) is 0.0787. The van der Waals surface area contributed by atoms with Gasteiger partial charge in [-0.15, -0.1) is 23.3 Å². The molecule has 0 radical (unpaired) electrons. The van der Waals surface area contributed by atoms with Crippen LogP contribution in [0.3, 0.4) is 0 Å². The van der Waals surface area contributed by atoms with E-state index in [0.717, 1.165) is 23.6 Å². The van der Waals surface area contributed by atoms with Crippen LogP contribution in [0.5, 0.6) is 0 Å². The number of carbonyl (C=O) groups is 1. The molecule has 1 amide bonds. The first-order valence-corrected chi connectivity index (χ1v) is 12.2. The first-order valence-electron chi connectivity index (χ1n) is 10.7. The molecule has 36 heavy (non-hydrogen) atoms. The molecule has 0 unspecified atom stereocenters. The predicted octanol–water partition coefficient (Wildman–Crippen LogP) is 4.93. The smallest absolute Gasteiger partial charge is 0.211 e. The van der Waals surface area contributed by atoms with Crippen molar-refractivity contribution in [2.24, 2.45) is 16.7 Å². The Morgan fingerprint density at radius 3 is 2.47 bits per heavy atom. The molecule has 4 rings (SSSR count). The van der Waals surface area contributed by atoms with Gasteiger partial charge in [0, 0.05) is 24.1 Å². The van der Waals surface area contributed by atoms with Crippen molar-refractivity contribution in [3.05, 3.63) is 58.6 Å². The van der Waals surface area contributed by atoms with E-state index in [9.17, 15) is 4.79 Å². The number of hydrazone groups is 1. The summed E-state index contributed by atoms with van der Waals surface area (Å²) in [7, 11) is 0. The fraction of sp³-hybridized carbons (Fsp3) is 0.348. The van der Waals surface area contributed by atoms with E-state index in [1.165, 1.54) is 29.9 Å². The number of hydrogen-bond donors (Lipinski definition) is 3. The van der Waals surface area contributed by atoms with Gasteiger partial charge in [0.25, 0.3) is 0 Å². The van der Waals surface area contributed by atoms with Crippen LogP contribution < -0.4 is 22.0 Å². The zero-order valence-corrected chi connectivity index (χ0v) is 23.2. The van der Waals surface area contributed by atoms with Crippen molar-refractivity contribution >= 4 is 64.2 Å². The summed E-state index contributed by atoms with van der Waals surface area (Å²) in [5.74, 6) is 6.06. The summed E-state index contributed by atoms with van der Waals surface area (Å²) in [6, 6.07) is 3.30. The molecule has 196 valence electrons. The van der Waals surface area contributed by atoms with E-state index in [0.29, 0.717) is 17.3 Å². The fourth-order valence-electron chi connectivity index (χ4n) is 3.37. The monoisotopic (exact) mass is 555 g/mol. The molecule has 13 heteroatoms. The van der Waals surface area contributed by atoms with Crippen LogP contribution in [0, 0.1) is 0 Å². The van der Waals surface area contributed by atoms with E-state index < -0.39 is 0 Å². The molecule has 0 aromatic carbocycles.